The monoisotopic (exact) mass is 381 g/mol. The van der Waals surface area contributed by atoms with Crippen molar-refractivity contribution in [2.45, 2.75) is 32.4 Å². The largest absolute Gasteiger partial charge is 0.361 e. The number of aromatic amines is 1. The highest BCUT2D eigenvalue weighted by Crippen LogP contribution is 2.19. The zero-order valence-electron chi connectivity index (χ0n) is 15.8. The minimum absolute atomic E-state index is 0.223. The van der Waals surface area contributed by atoms with Gasteiger partial charge in [-0.1, -0.05) is 19.6 Å². The third kappa shape index (κ3) is 3.58. The molecule has 0 spiro atoms. The van der Waals surface area contributed by atoms with Crippen molar-refractivity contribution in [1.29, 1.82) is 0 Å². The van der Waals surface area contributed by atoms with Crippen LogP contribution in [0.15, 0.2) is 47.7 Å². The van der Waals surface area contributed by atoms with Gasteiger partial charge in [-0.15, -0.1) is 0 Å². The van der Waals surface area contributed by atoms with Gasteiger partial charge in [-0.25, -0.2) is 19.3 Å². The van der Waals surface area contributed by atoms with E-state index in [9.17, 15) is 4.79 Å². The van der Waals surface area contributed by atoms with Gasteiger partial charge >= 0.3 is 5.69 Å². The molecule has 0 saturated heterocycles. The molecule has 27 heavy (non-hydrogen) atoms. The number of ether oxygens (including phenoxy) is 1. The molecule has 0 radical (unpaired) electrons. The predicted molar refractivity (Wildman–Crippen MR) is 109 cm³/mol. The van der Waals surface area contributed by atoms with Gasteiger partial charge in [-0.2, -0.15) is 0 Å². The number of pyridine rings is 2. The van der Waals surface area contributed by atoms with E-state index in [4.69, 9.17) is 4.74 Å². The van der Waals surface area contributed by atoms with Crippen LogP contribution < -0.4 is 5.69 Å². The number of nitrogens with one attached hydrogen (secondary N) is 1. The molecule has 0 atom stereocenters. The third-order valence-corrected chi connectivity index (χ3v) is 6.22. The smallest absolute Gasteiger partial charge is 0.332 e. The third-order valence-electron chi connectivity index (χ3n) is 4.51. The van der Waals surface area contributed by atoms with Crippen LogP contribution in [0, 0.1) is 0 Å². The van der Waals surface area contributed by atoms with E-state index in [1.165, 1.54) is 0 Å². The molecule has 140 valence electrons. The quantitative estimate of drug-likeness (QED) is 0.410. The SMILES string of the molecule is C[Si](C)(C)CCOCn1ccc2cc(-n3c(=O)[nH]c4cccnc43)cnc21. The van der Waals surface area contributed by atoms with E-state index in [1.807, 2.05) is 29.0 Å². The number of H-pyrrole nitrogens is 1. The summed E-state index contributed by atoms with van der Waals surface area (Å²) in [7, 11) is -1.09. The van der Waals surface area contributed by atoms with Gasteiger partial charge < -0.3 is 14.3 Å². The molecule has 0 aromatic carbocycles. The standard InChI is InChI=1S/C19H23N5O2Si/c1-27(2,3)10-9-26-13-23-8-6-14-11-15(12-21-17(14)23)24-18-16(22-19(24)25)5-4-7-20-18/h4-8,11-12H,9-10,13H2,1-3H3,(H,22,25). The first-order chi connectivity index (χ1) is 12.9. The molecule has 1 N–H and O–H groups in total. The van der Waals surface area contributed by atoms with E-state index in [2.05, 4.69) is 34.6 Å². The summed E-state index contributed by atoms with van der Waals surface area (Å²) in [5.74, 6) is 0. The minimum atomic E-state index is -1.09. The summed E-state index contributed by atoms with van der Waals surface area (Å²) in [6.07, 6.45) is 5.34. The molecule has 4 rings (SSSR count). The molecule has 0 bridgehead atoms. The normalized spacial score (nSPS) is 12.3. The maximum Gasteiger partial charge on any atom is 0.332 e. The van der Waals surface area contributed by atoms with Crippen molar-refractivity contribution in [2.75, 3.05) is 6.61 Å². The Bertz CT molecular complexity index is 1150. The molecule has 0 aliphatic heterocycles. The molecular weight excluding hydrogens is 358 g/mol. The average molecular weight is 382 g/mol. The average Bonchev–Trinajstić information content (AvgIpc) is 3.17. The Labute approximate surface area is 157 Å². The molecule has 4 aromatic rings. The zero-order chi connectivity index (χ0) is 19.0. The van der Waals surface area contributed by atoms with Crippen LogP contribution >= 0.6 is 0 Å². The zero-order valence-corrected chi connectivity index (χ0v) is 16.8. The molecule has 0 unspecified atom stereocenters. The van der Waals surface area contributed by atoms with Crippen LogP contribution in [0.1, 0.15) is 0 Å². The fraction of sp³-hybridized carbons (Fsp3) is 0.316. The minimum Gasteiger partial charge on any atom is -0.361 e. The maximum atomic E-state index is 12.4. The van der Waals surface area contributed by atoms with Gasteiger partial charge in [0.15, 0.2) is 5.65 Å². The molecule has 7 nitrogen and oxygen atoms in total. The van der Waals surface area contributed by atoms with Crippen molar-refractivity contribution in [3.63, 3.8) is 0 Å². The summed E-state index contributed by atoms with van der Waals surface area (Å²) in [5.41, 5.74) is 2.61. The molecule has 8 heteroatoms. The lowest BCUT2D eigenvalue weighted by Gasteiger charge is -2.15. The Hall–Kier alpha value is -2.71. The van der Waals surface area contributed by atoms with E-state index >= 15 is 0 Å². The summed E-state index contributed by atoms with van der Waals surface area (Å²) in [6, 6.07) is 8.71. The summed E-state index contributed by atoms with van der Waals surface area (Å²) in [4.78, 5) is 24.1. The second-order valence-electron chi connectivity index (χ2n) is 7.88. The Morgan fingerprint density at radius 1 is 1.19 bits per heavy atom. The highest BCUT2D eigenvalue weighted by Gasteiger charge is 2.13. The first kappa shape index (κ1) is 17.7. The first-order valence-corrected chi connectivity index (χ1v) is 12.7. The van der Waals surface area contributed by atoms with Crippen LogP contribution in [0.3, 0.4) is 0 Å². The number of hydrogen-bond acceptors (Lipinski definition) is 4. The van der Waals surface area contributed by atoms with Crippen molar-refractivity contribution >= 4 is 30.3 Å². The van der Waals surface area contributed by atoms with Crippen molar-refractivity contribution < 1.29 is 4.74 Å². The fourth-order valence-electron chi connectivity index (χ4n) is 3.01. The van der Waals surface area contributed by atoms with Crippen molar-refractivity contribution in [2.24, 2.45) is 0 Å². The van der Waals surface area contributed by atoms with E-state index in [1.54, 1.807) is 23.0 Å². The van der Waals surface area contributed by atoms with Crippen LogP contribution in [-0.2, 0) is 11.5 Å². The molecule has 0 amide bonds. The van der Waals surface area contributed by atoms with Crippen molar-refractivity contribution in [1.82, 2.24) is 24.1 Å². The van der Waals surface area contributed by atoms with E-state index in [0.717, 1.165) is 23.7 Å². The summed E-state index contributed by atoms with van der Waals surface area (Å²) >= 11 is 0. The van der Waals surface area contributed by atoms with Gasteiger partial charge in [0.2, 0.25) is 0 Å². The number of aromatic nitrogens is 5. The van der Waals surface area contributed by atoms with Crippen LogP contribution in [-0.4, -0.2) is 38.8 Å². The predicted octanol–water partition coefficient (Wildman–Crippen LogP) is 3.38. The van der Waals surface area contributed by atoms with E-state index in [-0.39, 0.29) is 5.69 Å². The van der Waals surface area contributed by atoms with Gasteiger partial charge in [0.1, 0.15) is 12.4 Å². The van der Waals surface area contributed by atoms with Crippen LogP contribution in [0.4, 0.5) is 0 Å². The van der Waals surface area contributed by atoms with Crippen LogP contribution in [0.25, 0.3) is 27.9 Å². The number of hydrogen-bond donors (Lipinski definition) is 1. The molecule has 0 aliphatic carbocycles. The first-order valence-electron chi connectivity index (χ1n) is 9.01. The molecule has 0 saturated carbocycles. The van der Waals surface area contributed by atoms with Crippen LogP contribution in [0.2, 0.25) is 25.7 Å². The van der Waals surface area contributed by atoms with E-state index in [0.29, 0.717) is 23.6 Å². The number of fused-ring (bicyclic) bond motifs is 2. The number of nitrogens with zero attached hydrogens (tertiary/aromatic N) is 4. The van der Waals surface area contributed by atoms with Gasteiger partial charge in [0.05, 0.1) is 17.4 Å². The van der Waals surface area contributed by atoms with Crippen molar-refractivity contribution in [3.8, 4) is 5.69 Å². The van der Waals surface area contributed by atoms with Gasteiger partial charge in [0.25, 0.3) is 0 Å². The van der Waals surface area contributed by atoms with Crippen molar-refractivity contribution in [3.05, 3.63) is 53.3 Å². The molecular formula is C19H23N5O2Si. The second-order valence-corrected chi connectivity index (χ2v) is 13.5. The lowest BCUT2D eigenvalue weighted by Crippen LogP contribution is -2.22. The Morgan fingerprint density at radius 2 is 2.04 bits per heavy atom. The highest BCUT2D eigenvalue weighted by molar-refractivity contribution is 6.76. The Balaban J connectivity index is 1.61. The lowest BCUT2D eigenvalue weighted by molar-refractivity contribution is 0.0899. The summed E-state index contributed by atoms with van der Waals surface area (Å²) < 4.78 is 9.36. The summed E-state index contributed by atoms with van der Waals surface area (Å²) in [5, 5.41) is 0.957. The topological polar surface area (TPSA) is 77.7 Å². The Morgan fingerprint density at radius 3 is 2.85 bits per heavy atom. The molecule has 4 heterocycles. The highest BCUT2D eigenvalue weighted by atomic mass is 28.3. The van der Waals surface area contributed by atoms with Gasteiger partial charge in [0, 0.05) is 32.5 Å². The number of rotatable bonds is 6. The molecule has 0 fully saturated rings. The molecule has 4 aromatic heterocycles. The summed E-state index contributed by atoms with van der Waals surface area (Å²) in [6.45, 7) is 8.27. The van der Waals surface area contributed by atoms with E-state index < -0.39 is 8.07 Å². The van der Waals surface area contributed by atoms with Crippen LogP contribution in [0.5, 0.6) is 0 Å². The number of imidazole rings is 1. The van der Waals surface area contributed by atoms with Gasteiger partial charge in [-0.3, -0.25) is 0 Å². The fourth-order valence-corrected chi connectivity index (χ4v) is 3.77. The maximum absolute atomic E-state index is 12.4. The molecule has 0 aliphatic rings. The van der Waals surface area contributed by atoms with Gasteiger partial charge in [-0.05, 0) is 30.3 Å². The lowest BCUT2D eigenvalue weighted by atomic mass is 10.3. The second kappa shape index (κ2) is 6.79. The Kier molecular flexibility index (Phi) is 4.45.